The second-order valence-corrected chi connectivity index (χ2v) is 6.31. The Hall–Kier alpha value is -0.160. The van der Waals surface area contributed by atoms with Crippen LogP contribution in [-0.4, -0.2) is 55.0 Å². The van der Waals surface area contributed by atoms with E-state index < -0.39 is 0 Å². The van der Waals surface area contributed by atoms with Gasteiger partial charge in [-0.2, -0.15) is 0 Å². The summed E-state index contributed by atoms with van der Waals surface area (Å²) in [5.41, 5.74) is 5.87. The van der Waals surface area contributed by atoms with Crippen molar-refractivity contribution in [2.24, 2.45) is 11.7 Å². The molecule has 1 heterocycles. The minimum absolute atomic E-state index is 0.184. The normalized spacial score (nSPS) is 31.7. The van der Waals surface area contributed by atoms with Gasteiger partial charge >= 0.3 is 0 Å². The van der Waals surface area contributed by atoms with Crippen molar-refractivity contribution in [1.82, 2.24) is 4.90 Å². The molecule has 1 saturated carbocycles. The second-order valence-electron chi connectivity index (χ2n) is 6.31. The highest BCUT2D eigenvalue weighted by molar-refractivity contribution is 4.85. The maximum absolute atomic E-state index is 10.3. The van der Waals surface area contributed by atoms with Crippen LogP contribution in [0.3, 0.4) is 0 Å². The smallest absolute Gasteiger partial charge is 0.0669 e. The van der Waals surface area contributed by atoms with Crippen LogP contribution >= 0.6 is 0 Å². The lowest BCUT2D eigenvalue weighted by atomic mass is 9.96. The zero-order valence-electron chi connectivity index (χ0n) is 12.3. The largest absolute Gasteiger partial charge is 0.392 e. The lowest BCUT2D eigenvalue weighted by molar-refractivity contribution is -0.00743. The molecule has 0 aromatic carbocycles. The predicted octanol–water partition coefficient (Wildman–Crippen LogP) is 1.37. The van der Waals surface area contributed by atoms with E-state index in [1.54, 1.807) is 7.11 Å². The number of ether oxygens (including phenoxy) is 1. The molecule has 0 amide bonds. The molecule has 2 fully saturated rings. The van der Waals surface area contributed by atoms with Gasteiger partial charge in [-0.1, -0.05) is 25.7 Å². The molecule has 112 valence electrons. The van der Waals surface area contributed by atoms with Gasteiger partial charge in [0.05, 0.1) is 12.2 Å². The zero-order valence-corrected chi connectivity index (χ0v) is 12.3. The van der Waals surface area contributed by atoms with E-state index in [0.717, 1.165) is 38.3 Å². The first-order chi connectivity index (χ1) is 9.22. The van der Waals surface area contributed by atoms with E-state index in [1.165, 1.54) is 25.7 Å². The molecule has 3 N–H and O–H groups in total. The SMILES string of the molecule is COC1CCN(CC(O)CC2CCCC2)C(CN)C1. The van der Waals surface area contributed by atoms with Gasteiger partial charge in [0.2, 0.25) is 0 Å². The molecule has 1 saturated heterocycles. The molecule has 3 atom stereocenters. The Morgan fingerprint density at radius 2 is 2.05 bits per heavy atom. The summed E-state index contributed by atoms with van der Waals surface area (Å²) in [7, 11) is 1.78. The van der Waals surface area contributed by atoms with Crippen molar-refractivity contribution < 1.29 is 9.84 Å². The van der Waals surface area contributed by atoms with Crippen LogP contribution in [0.1, 0.15) is 44.9 Å². The summed E-state index contributed by atoms with van der Waals surface area (Å²) in [5, 5.41) is 10.3. The minimum Gasteiger partial charge on any atom is -0.392 e. The molecule has 4 heteroatoms. The minimum atomic E-state index is -0.184. The van der Waals surface area contributed by atoms with Gasteiger partial charge in [0.1, 0.15) is 0 Å². The number of aliphatic hydroxyl groups is 1. The Bertz CT molecular complexity index is 257. The molecule has 0 aromatic rings. The van der Waals surface area contributed by atoms with Crippen LogP contribution in [0.15, 0.2) is 0 Å². The van der Waals surface area contributed by atoms with E-state index in [2.05, 4.69) is 4.90 Å². The predicted molar refractivity (Wildman–Crippen MR) is 77.0 cm³/mol. The van der Waals surface area contributed by atoms with Crippen LogP contribution < -0.4 is 5.73 Å². The Kier molecular flexibility index (Phi) is 6.07. The highest BCUT2D eigenvalue weighted by atomic mass is 16.5. The molecule has 1 aliphatic carbocycles. The van der Waals surface area contributed by atoms with Crippen molar-refractivity contribution in [3.05, 3.63) is 0 Å². The Balaban J connectivity index is 1.76. The van der Waals surface area contributed by atoms with E-state index >= 15 is 0 Å². The first-order valence-corrected chi connectivity index (χ1v) is 7.88. The standard InChI is InChI=1S/C15H30N2O2/c1-19-15-6-7-17(13(9-15)10-16)11-14(18)8-12-4-2-3-5-12/h12-15,18H,2-11,16H2,1H3. The van der Waals surface area contributed by atoms with Crippen LogP contribution in [0.4, 0.5) is 0 Å². The fraction of sp³-hybridized carbons (Fsp3) is 1.00. The number of aliphatic hydroxyl groups excluding tert-OH is 1. The topological polar surface area (TPSA) is 58.7 Å². The maximum Gasteiger partial charge on any atom is 0.0669 e. The summed E-state index contributed by atoms with van der Waals surface area (Å²) < 4.78 is 5.44. The molecule has 0 bridgehead atoms. The second kappa shape index (κ2) is 7.58. The summed E-state index contributed by atoms with van der Waals surface area (Å²) in [5.74, 6) is 0.753. The summed E-state index contributed by atoms with van der Waals surface area (Å²) >= 11 is 0. The average Bonchev–Trinajstić information content (AvgIpc) is 2.91. The quantitative estimate of drug-likeness (QED) is 0.765. The van der Waals surface area contributed by atoms with E-state index in [1.807, 2.05) is 0 Å². The third kappa shape index (κ3) is 4.42. The first kappa shape index (κ1) is 15.2. The van der Waals surface area contributed by atoms with Crippen molar-refractivity contribution >= 4 is 0 Å². The molecule has 1 aliphatic heterocycles. The van der Waals surface area contributed by atoms with Gasteiger partial charge in [-0.25, -0.2) is 0 Å². The van der Waals surface area contributed by atoms with Crippen molar-refractivity contribution in [3.8, 4) is 0 Å². The highest BCUT2D eigenvalue weighted by Gasteiger charge is 2.29. The number of nitrogens with two attached hydrogens (primary N) is 1. The Morgan fingerprint density at radius 1 is 1.32 bits per heavy atom. The van der Waals surface area contributed by atoms with E-state index in [-0.39, 0.29) is 6.10 Å². The highest BCUT2D eigenvalue weighted by Crippen LogP contribution is 2.29. The first-order valence-electron chi connectivity index (χ1n) is 7.88. The Labute approximate surface area is 117 Å². The number of rotatable bonds is 6. The molecule has 4 nitrogen and oxygen atoms in total. The lowest BCUT2D eigenvalue weighted by Crippen LogP contribution is -2.51. The van der Waals surface area contributed by atoms with Crippen LogP contribution in [0.25, 0.3) is 0 Å². The van der Waals surface area contributed by atoms with Crippen molar-refractivity contribution in [1.29, 1.82) is 0 Å². The Morgan fingerprint density at radius 3 is 2.68 bits per heavy atom. The van der Waals surface area contributed by atoms with E-state index in [0.29, 0.717) is 18.7 Å². The molecule has 3 unspecified atom stereocenters. The lowest BCUT2D eigenvalue weighted by Gasteiger charge is -2.39. The van der Waals surface area contributed by atoms with Crippen LogP contribution in [0.5, 0.6) is 0 Å². The van der Waals surface area contributed by atoms with Crippen molar-refractivity contribution in [2.45, 2.75) is 63.2 Å². The van der Waals surface area contributed by atoms with Crippen molar-refractivity contribution in [3.63, 3.8) is 0 Å². The third-order valence-corrected chi connectivity index (χ3v) is 4.92. The number of hydrogen-bond donors (Lipinski definition) is 2. The molecule has 2 rings (SSSR count). The number of nitrogens with zero attached hydrogens (tertiary/aromatic N) is 1. The summed E-state index contributed by atoms with van der Waals surface area (Å²) in [6, 6.07) is 0.372. The fourth-order valence-electron chi connectivity index (χ4n) is 3.74. The summed E-state index contributed by atoms with van der Waals surface area (Å²) in [4.78, 5) is 2.37. The zero-order chi connectivity index (χ0) is 13.7. The number of piperidine rings is 1. The molecule has 0 radical (unpaired) electrons. The molecule has 2 aliphatic rings. The van der Waals surface area contributed by atoms with Gasteiger partial charge in [0.15, 0.2) is 0 Å². The fourth-order valence-corrected chi connectivity index (χ4v) is 3.74. The van der Waals surface area contributed by atoms with Gasteiger partial charge in [0, 0.05) is 32.8 Å². The van der Waals surface area contributed by atoms with Crippen LogP contribution in [0, 0.1) is 5.92 Å². The van der Waals surface area contributed by atoms with Crippen molar-refractivity contribution in [2.75, 3.05) is 26.7 Å². The van der Waals surface area contributed by atoms with Gasteiger partial charge < -0.3 is 15.6 Å². The van der Waals surface area contributed by atoms with E-state index in [9.17, 15) is 5.11 Å². The number of β-amino-alcohol motifs (C(OH)–C–C–N with tert-alkyl or cyclic N) is 1. The summed E-state index contributed by atoms with van der Waals surface area (Å²) in [6.45, 7) is 2.45. The molecular formula is C15H30N2O2. The summed E-state index contributed by atoms with van der Waals surface area (Å²) in [6.07, 6.45) is 8.51. The molecule has 0 spiro atoms. The monoisotopic (exact) mass is 270 g/mol. The third-order valence-electron chi connectivity index (χ3n) is 4.92. The van der Waals surface area contributed by atoms with E-state index in [4.69, 9.17) is 10.5 Å². The number of likely N-dealkylation sites (tertiary alicyclic amines) is 1. The number of methoxy groups -OCH3 is 1. The molecule has 19 heavy (non-hydrogen) atoms. The van der Waals surface area contributed by atoms with Crippen LogP contribution in [0.2, 0.25) is 0 Å². The van der Waals surface area contributed by atoms with Gasteiger partial charge in [-0.05, 0) is 25.2 Å². The van der Waals surface area contributed by atoms with Gasteiger partial charge in [-0.3, -0.25) is 4.90 Å². The van der Waals surface area contributed by atoms with Gasteiger partial charge in [0.25, 0.3) is 0 Å². The number of hydrogen-bond acceptors (Lipinski definition) is 4. The van der Waals surface area contributed by atoms with Crippen LogP contribution in [-0.2, 0) is 4.74 Å². The van der Waals surface area contributed by atoms with Gasteiger partial charge in [-0.15, -0.1) is 0 Å². The molecular weight excluding hydrogens is 240 g/mol. The average molecular weight is 270 g/mol. The molecule has 0 aromatic heterocycles. The maximum atomic E-state index is 10.3.